The first kappa shape index (κ1) is 14.8. The van der Waals surface area contributed by atoms with Gasteiger partial charge in [-0.15, -0.1) is 0 Å². The maximum absolute atomic E-state index is 10.9. The smallest absolute Gasteiger partial charge is 0.274 e. The molecule has 0 aliphatic rings. The summed E-state index contributed by atoms with van der Waals surface area (Å²) in [7, 11) is 0. The molecule has 0 bridgehead atoms. The Kier molecular flexibility index (Phi) is 4.12. The third-order valence-corrected chi connectivity index (χ3v) is 3.54. The van der Waals surface area contributed by atoms with Crippen LogP contribution in [0, 0.1) is 30.9 Å². The highest BCUT2D eigenvalue weighted by atomic mass is 16.6. The van der Waals surface area contributed by atoms with E-state index in [-0.39, 0.29) is 10.6 Å². The van der Waals surface area contributed by atoms with Gasteiger partial charge < -0.3 is 10.4 Å². The van der Waals surface area contributed by atoms with Gasteiger partial charge in [-0.25, -0.2) is 0 Å². The number of nitrogens with one attached hydrogen (secondary N) is 1. The second-order valence-corrected chi connectivity index (χ2v) is 5.14. The van der Waals surface area contributed by atoms with Crippen LogP contribution < -0.4 is 5.32 Å². The van der Waals surface area contributed by atoms with Gasteiger partial charge in [-0.1, -0.05) is 18.2 Å². The highest BCUT2D eigenvalue weighted by Gasteiger charge is 2.13. The fraction of sp³-hybridized carbons (Fsp3) is 0.250. The highest BCUT2D eigenvalue weighted by molar-refractivity contribution is 5.60. The molecule has 0 aliphatic carbocycles. The van der Waals surface area contributed by atoms with E-state index in [0.717, 1.165) is 22.4 Å². The lowest BCUT2D eigenvalue weighted by Crippen LogP contribution is -2.03. The van der Waals surface area contributed by atoms with Crippen LogP contribution in [0.1, 0.15) is 22.3 Å². The Morgan fingerprint density at radius 3 is 2.38 bits per heavy atom. The van der Waals surface area contributed by atoms with E-state index in [0.29, 0.717) is 17.9 Å². The first-order valence-corrected chi connectivity index (χ1v) is 6.67. The van der Waals surface area contributed by atoms with E-state index in [2.05, 4.69) is 5.32 Å². The van der Waals surface area contributed by atoms with Crippen LogP contribution in [0.3, 0.4) is 0 Å². The average Bonchev–Trinajstić information content (AvgIpc) is 2.43. The molecule has 0 saturated carbocycles. The van der Waals surface area contributed by atoms with Crippen molar-refractivity contribution in [1.82, 2.24) is 0 Å². The SMILES string of the molecule is Cc1cc(CNc2cccc([N+](=O)[O-])c2C)cc(C)c1O. The normalized spacial score (nSPS) is 10.4. The number of hydrogen-bond donors (Lipinski definition) is 2. The van der Waals surface area contributed by atoms with Crippen LogP contribution in [0.5, 0.6) is 5.75 Å². The van der Waals surface area contributed by atoms with Gasteiger partial charge in [0.05, 0.1) is 4.92 Å². The molecule has 0 aromatic heterocycles. The van der Waals surface area contributed by atoms with Crippen LogP contribution in [0.25, 0.3) is 0 Å². The molecule has 0 amide bonds. The number of nitrogens with zero attached hydrogens (tertiary/aromatic N) is 1. The fourth-order valence-electron chi connectivity index (χ4n) is 2.36. The molecule has 2 N–H and O–H groups in total. The molecule has 21 heavy (non-hydrogen) atoms. The lowest BCUT2D eigenvalue weighted by atomic mass is 10.1. The summed E-state index contributed by atoms with van der Waals surface area (Å²) < 4.78 is 0. The van der Waals surface area contributed by atoms with Crippen molar-refractivity contribution in [3.63, 3.8) is 0 Å². The van der Waals surface area contributed by atoms with Gasteiger partial charge in [0.1, 0.15) is 5.75 Å². The van der Waals surface area contributed by atoms with Gasteiger partial charge in [-0.3, -0.25) is 10.1 Å². The molecule has 0 radical (unpaired) electrons. The summed E-state index contributed by atoms with van der Waals surface area (Å²) in [6.45, 7) is 5.98. The largest absolute Gasteiger partial charge is 0.507 e. The van der Waals surface area contributed by atoms with Crippen LogP contribution in [-0.4, -0.2) is 10.0 Å². The van der Waals surface area contributed by atoms with Gasteiger partial charge in [0.25, 0.3) is 5.69 Å². The van der Waals surface area contributed by atoms with Crippen molar-refractivity contribution in [3.05, 3.63) is 62.7 Å². The summed E-state index contributed by atoms with van der Waals surface area (Å²) in [6.07, 6.45) is 0. The van der Waals surface area contributed by atoms with E-state index in [1.807, 2.05) is 32.0 Å². The Bertz CT molecular complexity index is 673. The Morgan fingerprint density at radius 1 is 1.19 bits per heavy atom. The second kappa shape index (κ2) is 5.83. The van der Waals surface area contributed by atoms with E-state index in [4.69, 9.17) is 0 Å². The minimum Gasteiger partial charge on any atom is -0.507 e. The van der Waals surface area contributed by atoms with Crippen LogP contribution >= 0.6 is 0 Å². The predicted molar refractivity (Wildman–Crippen MR) is 82.7 cm³/mol. The second-order valence-electron chi connectivity index (χ2n) is 5.14. The van der Waals surface area contributed by atoms with E-state index in [9.17, 15) is 15.2 Å². The van der Waals surface area contributed by atoms with Gasteiger partial charge in [0, 0.05) is 23.9 Å². The zero-order valence-electron chi connectivity index (χ0n) is 12.3. The number of aromatic hydroxyl groups is 1. The molecule has 5 heteroatoms. The molecule has 0 atom stereocenters. The lowest BCUT2D eigenvalue weighted by molar-refractivity contribution is -0.385. The number of hydrogen-bond acceptors (Lipinski definition) is 4. The summed E-state index contributed by atoms with van der Waals surface area (Å²) in [5.74, 6) is 0.310. The Balaban J connectivity index is 2.21. The quantitative estimate of drug-likeness (QED) is 0.661. The first-order valence-electron chi connectivity index (χ1n) is 6.67. The summed E-state index contributed by atoms with van der Waals surface area (Å²) in [5, 5.41) is 23.9. The summed E-state index contributed by atoms with van der Waals surface area (Å²) in [6, 6.07) is 8.79. The van der Waals surface area contributed by atoms with Crippen LogP contribution in [0.4, 0.5) is 11.4 Å². The van der Waals surface area contributed by atoms with Crippen molar-refractivity contribution in [2.75, 3.05) is 5.32 Å². The summed E-state index contributed by atoms with van der Waals surface area (Å²) >= 11 is 0. The molecule has 0 saturated heterocycles. The number of nitro groups is 1. The number of phenolic OH excluding ortho intramolecular Hbond substituents is 1. The zero-order chi connectivity index (χ0) is 15.6. The van der Waals surface area contributed by atoms with Crippen molar-refractivity contribution in [3.8, 4) is 5.75 Å². The lowest BCUT2D eigenvalue weighted by Gasteiger charge is -2.12. The number of aryl methyl sites for hydroxylation is 2. The molecule has 2 aromatic carbocycles. The number of benzene rings is 2. The molecule has 0 aliphatic heterocycles. The van der Waals surface area contributed by atoms with Crippen molar-refractivity contribution >= 4 is 11.4 Å². The fourth-order valence-corrected chi connectivity index (χ4v) is 2.36. The van der Waals surface area contributed by atoms with Crippen LogP contribution in [0.15, 0.2) is 30.3 Å². The molecule has 2 aromatic rings. The number of rotatable bonds is 4. The molecule has 0 spiro atoms. The maximum Gasteiger partial charge on any atom is 0.274 e. The molecule has 5 nitrogen and oxygen atoms in total. The third-order valence-electron chi connectivity index (χ3n) is 3.54. The molecule has 0 heterocycles. The Labute approximate surface area is 123 Å². The van der Waals surface area contributed by atoms with Gasteiger partial charge in [-0.2, -0.15) is 0 Å². The topological polar surface area (TPSA) is 75.4 Å². The summed E-state index contributed by atoms with van der Waals surface area (Å²) in [5.41, 5.74) is 4.14. The van der Waals surface area contributed by atoms with Gasteiger partial charge in [0.15, 0.2) is 0 Å². The minimum absolute atomic E-state index is 0.109. The zero-order valence-corrected chi connectivity index (χ0v) is 12.3. The van der Waals surface area contributed by atoms with Crippen molar-refractivity contribution in [2.24, 2.45) is 0 Å². The molecular weight excluding hydrogens is 268 g/mol. The number of nitro benzene ring substituents is 1. The Hall–Kier alpha value is -2.56. The number of phenols is 1. The number of anilines is 1. The standard InChI is InChI=1S/C16H18N2O3/c1-10-7-13(8-11(2)16(10)19)9-17-14-5-4-6-15(12(14)3)18(20)21/h4-8,17,19H,9H2,1-3H3. The monoisotopic (exact) mass is 286 g/mol. The van der Waals surface area contributed by atoms with Crippen molar-refractivity contribution < 1.29 is 10.0 Å². The third kappa shape index (κ3) is 3.13. The van der Waals surface area contributed by atoms with E-state index in [1.54, 1.807) is 13.0 Å². The van der Waals surface area contributed by atoms with Gasteiger partial charge >= 0.3 is 0 Å². The van der Waals surface area contributed by atoms with E-state index < -0.39 is 0 Å². The highest BCUT2D eigenvalue weighted by Crippen LogP contribution is 2.27. The summed E-state index contributed by atoms with van der Waals surface area (Å²) in [4.78, 5) is 10.5. The molecule has 110 valence electrons. The van der Waals surface area contributed by atoms with Crippen molar-refractivity contribution in [1.29, 1.82) is 0 Å². The minimum atomic E-state index is -0.380. The van der Waals surface area contributed by atoms with Crippen LogP contribution in [-0.2, 0) is 6.54 Å². The molecular formula is C16H18N2O3. The van der Waals surface area contributed by atoms with Gasteiger partial charge in [-0.05, 0) is 43.5 Å². The van der Waals surface area contributed by atoms with Crippen molar-refractivity contribution in [2.45, 2.75) is 27.3 Å². The Morgan fingerprint density at radius 2 is 1.81 bits per heavy atom. The maximum atomic E-state index is 10.9. The predicted octanol–water partition coefficient (Wildman–Crippen LogP) is 3.84. The molecule has 2 rings (SSSR count). The van der Waals surface area contributed by atoms with E-state index in [1.165, 1.54) is 6.07 Å². The average molecular weight is 286 g/mol. The molecule has 0 unspecified atom stereocenters. The van der Waals surface area contributed by atoms with E-state index >= 15 is 0 Å². The van der Waals surface area contributed by atoms with Gasteiger partial charge in [0.2, 0.25) is 0 Å². The first-order chi connectivity index (χ1) is 9.90. The molecule has 0 fully saturated rings. The van der Waals surface area contributed by atoms with Crippen LogP contribution in [0.2, 0.25) is 0 Å².